The number of carboxylic acid groups (broad SMARTS) is 1. The lowest BCUT2D eigenvalue weighted by Crippen LogP contribution is -2.52. The van der Waals surface area contributed by atoms with Crippen molar-refractivity contribution in [3.63, 3.8) is 0 Å². The topological polar surface area (TPSA) is 117 Å². The molecule has 0 amide bonds. The van der Waals surface area contributed by atoms with E-state index in [1.807, 2.05) is 30.3 Å². The van der Waals surface area contributed by atoms with E-state index in [1.54, 1.807) is 6.92 Å². The number of fused-ring (bicyclic) bond motifs is 2. The van der Waals surface area contributed by atoms with Crippen LogP contribution in [-0.4, -0.2) is 31.3 Å². The second-order valence-corrected chi connectivity index (χ2v) is 13.2. The second kappa shape index (κ2) is 10.4. The number of aromatic nitrogens is 3. The highest BCUT2D eigenvalue weighted by atomic mass is 32.1. The summed E-state index contributed by atoms with van der Waals surface area (Å²) in [5, 5.41) is 10.3. The third kappa shape index (κ3) is 4.76. The number of aryl methyl sites for hydroxylation is 1. The van der Waals surface area contributed by atoms with Gasteiger partial charge in [0.25, 0.3) is 5.56 Å². The van der Waals surface area contributed by atoms with E-state index in [2.05, 4.69) is 11.9 Å². The van der Waals surface area contributed by atoms with Crippen LogP contribution in [0.15, 0.2) is 56.8 Å². The fraction of sp³-hybridized carbons (Fsp3) is 0.484. The summed E-state index contributed by atoms with van der Waals surface area (Å²) in [5.74, 6) is 1.16. The lowest BCUT2D eigenvalue weighted by molar-refractivity contribution is -0.146. The van der Waals surface area contributed by atoms with E-state index in [-0.39, 0.29) is 18.0 Å². The van der Waals surface area contributed by atoms with Crippen molar-refractivity contribution in [2.75, 3.05) is 0 Å². The van der Waals surface area contributed by atoms with Crippen LogP contribution >= 0.6 is 11.3 Å². The number of carbonyl (C=O) groups is 1. The van der Waals surface area contributed by atoms with Gasteiger partial charge >= 0.3 is 11.7 Å². The molecule has 2 aliphatic rings. The van der Waals surface area contributed by atoms with E-state index in [1.165, 1.54) is 55.1 Å². The van der Waals surface area contributed by atoms with Crippen LogP contribution < -0.4 is 11.2 Å². The van der Waals surface area contributed by atoms with Crippen LogP contribution in [0.3, 0.4) is 0 Å². The number of benzene rings is 1. The first-order chi connectivity index (χ1) is 19.6. The zero-order chi connectivity index (χ0) is 29.1. The Kier molecular flexibility index (Phi) is 7.02. The van der Waals surface area contributed by atoms with Gasteiger partial charge in [0.15, 0.2) is 0 Å². The number of hydrogen-bond acceptors (Lipinski definition) is 7. The number of rotatable bonds is 8. The number of hydrogen-bond donors (Lipinski definition) is 1. The van der Waals surface area contributed by atoms with Gasteiger partial charge in [0.1, 0.15) is 22.7 Å². The molecule has 2 fully saturated rings. The highest BCUT2D eigenvalue weighted by Gasteiger charge is 2.42. The Hall–Kier alpha value is -3.50. The Labute approximate surface area is 241 Å². The number of nitrogens with zero attached hydrogens (tertiary/aromatic N) is 3. The van der Waals surface area contributed by atoms with Gasteiger partial charge in [0.2, 0.25) is 5.89 Å². The molecule has 216 valence electrons. The molecule has 9 nitrogen and oxygen atoms in total. The predicted octanol–water partition coefficient (Wildman–Crippen LogP) is 5.59. The van der Waals surface area contributed by atoms with Gasteiger partial charge < -0.3 is 14.3 Å². The molecule has 3 heterocycles. The molecule has 10 heteroatoms. The van der Waals surface area contributed by atoms with Gasteiger partial charge in [0.05, 0.1) is 29.1 Å². The highest BCUT2D eigenvalue weighted by molar-refractivity contribution is 7.22. The number of aliphatic carboxylic acids is 1. The molecule has 6 rings (SSSR count). The van der Waals surface area contributed by atoms with E-state index >= 15 is 0 Å². The van der Waals surface area contributed by atoms with Crippen molar-refractivity contribution in [2.45, 2.75) is 77.7 Å². The van der Waals surface area contributed by atoms with Crippen molar-refractivity contribution in [1.82, 2.24) is 14.1 Å². The maximum Gasteiger partial charge on any atom is 0.333 e. The monoisotopic (exact) mass is 577 g/mol. The van der Waals surface area contributed by atoms with Crippen LogP contribution in [0.5, 0.6) is 0 Å². The summed E-state index contributed by atoms with van der Waals surface area (Å²) in [6, 6.07) is 9.80. The predicted molar refractivity (Wildman–Crippen MR) is 156 cm³/mol. The molecule has 0 spiro atoms. The summed E-state index contributed by atoms with van der Waals surface area (Å²) in [6.45, 7) is 6.96. The van der Waals surface area contributed by atoms with E-state index in [4.69, 9.17) is 9.15 Å². The van der Waals surface area contributed by atoms with Gasteiger partial charge in [-0.15, -0.1) is 11.3 Å². The summed E-state index contributed by atoms with van der Waals surface area (Å²) < 4.78 is 14.7. The average molecular weight is 578 g/mol. The van der Waals surface area contributed by atoms with Gasteiger partial charge in [-0.1, -0.05) is 37.3 Å². The minimum atomic E-state index is -1.77. The zero-order valence-electron chi connectivity index (χ0n) is 23.7. The number of ether oxygens (including phenoxy) is 1. The van der Waals surface area contributed by atoms with Gasteiger partial charge in [0, 0.05) is 0 Å². The van der Waals surface area contributed by atoms with Crippen LogP contribution in [0, 0.1) is 24.7 Å². The van der Waals surface area contributed by atoms with E-state index in [9.17, 15) is 19.5 Å². The Morgan fingerprint density at radius 3 is 2.46 bits per heavy atom. The minimum absolute atomic E-state index is 0.0724. The molecule has 4 aromatic rings. The van der Waals surface area contributed by atoms with E-state index in [0.29, 0.717) is 33.0 Å². The SMILES string of the molecule is Cc1c(-c2ncco2)sc2c1c(=O)n(C(C)(C)C(=O)O)c(=O)n2CC(OC1C[C@H]2CC(C)C[C@H]2C1)c1ccccc1. The molecule has 2 aliphatic carbocycles. The largest absolute Gasteiger partial charge is 0.480 e. The molecular formula is C31H35N3O6S. The van der Waals surface area contributed by atoms with E-state index in [0.717, 1.165) is 28.9 Å². The first-order valence-electron chi connectivity index (χ1n) is 14.2. The summed E-state index contributed by atoms with van der Waals surface area (Å²) in [7, 11) is 0. The van der Waals surface area contributed by atoms with Crippen LogP contribution in [0.1, 0.15) is 63.7 Å². The molecule has 1 N–H and O–H groups in total. The zero-order valence-corrected chi connectivity index (χ0v) is 24.5. The standard InChI is InChI=1S/C31H35N3O6S/c1-17-12-20-14-22(15-21(20)13-17)40-23(19-8-6-5-7-9-19)16-33-28-24(18(2)25(41-28)26-32-10-11-39-26)27(35)34(30(33)38)31(3,4)29(36)37/h5-11,17,20-23H,12-16H2,1-4H3,(H,36,37)/t17?,20-,21+,22?,23?. The van der Waals surface area contributed by atoms with Crippen LogP contribution in [-0.2, 0) is 21.6 Å². The average Bonchev–Trinajstić information content (AvgIpc) is 3.70. The summed E-state index contributed by atoms with van der Waals surface area (Å²) in [6.07, 6.45) is 7.04. The van der Waals surface area contributed by atoms with Crippen molar-refractivity contribution >= 4 is 27.5 Å². The van der Waals surface area contributed by atoms with Crippen LogP contribution in [0.4, 0.5) is 0 Å². The Morgan fingerprint density at radius 1 is 1.17 bits per heavy atom. The fourth-order valence-corrected chi connectivity index (χ4v) is 8.15. The quantitative estimate of drug-likeness (QED) is 0.290. The third-order valence-corrected chi connectivity index (χ3v) is 10.3. The van der Waals surface area contributed by atoms with Gasteiger partial charge in [-0.25, -0.2) is 19.1 Å². The van der Waals surface area contributed by atoms with Crippen LogP contribution in [0.2, 0.25) is 0 Å². The number of thiophene rings is 1. The van der Waals surface area contributed by atoms with Crippen molar-refractivity contribution in [1.29, 1.82) is 0 Å². The fourth-order valence-electron chi connectivity index (χ4n) is 6.90. The van der Waals surface area contributed by atoms with Gasteiger partial charge in [-0.05, 0) is 75.3 Å². The maximum absolute atomic E-state index is 14.1. The Bertz CT molecular complexity index is 1690. The molecule has 41 heavy (non-hydrogen) atoms. The molecule has 0 saturated heterocycles. The molecule has 5 atom stereocenters. The first-order valence-corrected chi connectivity index (χ1v) is 15.0. The summed E-state index contributed by atoms with van der Waals surface area (Å²) in [4.78, 5) is 45.6. The summed E-state index contributed by atoms with van der Waals surface area (Å²) in [5.41, 5.74) is -1.58. The molecule has 2 saturated carbocycles. The molecule has 0 aliphatic heterocycles. The maximum atomic E-state index is 14.1. The van der Waals surface area contributed by atoms with Crippen molar-refractivity contribution in [3.05, 3.63) is 74.8 Å². The number of oxazole rings is 1. The Balaban J connectivity index is 1.50. The molecule has 3 unspecified atom stereocenters. The van der Waals surface area contributed by atoms with Crippen molar-refractivity contribution in [3.8, 4) is 10.8 Å². The molecule has 0 bridgehead atoms. The molecule has 1 aromatic carbocycles. The Morgan fingerprint density at radius 2 is 1.85 bits per heavy atom. The lowest BCUT2D eigenvalue weighted by Gasteiger charge is -2.27. The summed E-state index contributed by atoms with van der Waals surface area (Å²) >= 11 is 1.25. The molecular weight excluding hydrogens is 542 g/mol. The molecule has 0 radical (unpaired) electrons. The lowest BCUT2D eigenvalue weighted by atomic mass is 10.0. The smallest absolute Gasteiger partial charge is 0.333 e. The van der Waals surface area contributed by atoms with E-state index < -0.39 is 28.9 Å². The third-order valence-electron chi connectivity index (χ3n) is 9.01. The van der Waals surface area contributed by atoms with Gasteiger partial charge in [-0.2, -0.15) is 0 Å². The molecule has 3 aromatic heterocycles. The van der Waals surface area contributed by atoms with Crippen molar-refractivity contribution in [2.24, 2.45) is 17.8 Å². The van der Waals surface area contributed by atoms with Crippen molar-refractivity contribution < 1.29 is 19.1 Å². The second-order valence-electron chi connectivity index (χ2n) is 12.2. The first kappa shape index (κ1) is 27.7. The van der Waals surface area contributed by atoms with Gasteiger partial charge in [-0.3, -0.25) is 9.36 Å². The van der Waals surface area contributed by atoms with Crippen LogP contribution in [0.25, 0.3) is 21.0 Å². The number of carboxylic acids is 1. The highest BCUT2D eigenvalue weighted by Crippen LogP contribution is 2.48. The normalized spacial score (nSPS) is 23.2. The minimum Gasteiger partial charge on any atom is -0.480 e.